The first-order chi connectivity index (χ1) is 36.9. The van der Waals surface area contributed by atoms with E-state index in [9.17, 15) is 0 Å². The second-order valence-corrected chi connectivity index (χ2v) is 27.7. The maximum Gasteiger partial charge on any atom is 0.180 e. The fourth-order valence-electron chi connectivity index (χ4n) is 15.1. The minimum absolute atomic E-state index is 0.482. The molecule has 8 bridgehead atoms. The molecule has 76 heavy (non-hydrogen) atoms. The molecule has 20 rings (SSSR count). The lowest BCUT2D eigenvalue weighted by Gasteiger charge is -2.37. The monoisotopic (exact) mass is 1170 g/mol. The lowest BCUT2D eigenvalue weighted by molar-refractivity contribution is 0.554. The van der Waals surface area contributed by atoms with Gasteiger partial charge in [-0.1, -0.05) is 214 Å². The minimum atomic E-state index is -0.750. The molecule has 12 aliphatic rings. The number of hydrogen-bond acceptors (Lipinski definition) is 0. The van der Waals surface area contributed by atoms with Crippen molar-refractivity contribution in [3.8, 4) is 33.4 Å². The van der Waals surface area contributed by atoms with Gasteiger partial charge in [0.1, 0.15) is 0 Å². The van der Waals surface area contributed by atoms with Gasteiger partial charge in [-0.15, -0.1) is 0 Å². The first-order valence-electron chi connectivity index (χ1n) is 26.7. The van der Waals surface area contributed by atoms with E-state index in [0.29, 0.717) is 47.3 Å². The summed E-state index contributed by atoms with van der Waals surface area (Å²) in [5.74, 6) is 3.90. The number of hydrogen-bond donors (Lipinski definition) is 0. The summed E-state index contributed by atoms with van der Waals surface area (Å²) in [6, 6.07) is 44.6. The first-order valence-corrected chi connectivity index (χ1v) is 30.7. The highest BCUT2D eigenvalue weighted by molar-refractivity contribution is 6.63. The third-order valence-corrected chi connectivity index (χ3v) is 18.1. The Morgan fingerprint density at radius 2 is 0.395 bits per heavy atom. The summed E-state index contributed by atoms with van der Waals surface area (Å²) in [7, 11) is 0. The van der Waals surface area contributed by atoms with Crippen LogP contribution < -0.4 is 0 Å². The molecule has 0 spiro atoms. The zero-order chi connectivity index (χ0) is 52.1. The topological polar surface area (TPSA) is 0 Å². The van der Waals surface area contributed by atoms with Crippen molar-refractivity contribution in [2.45, 2.75) is 112 Å². The lowest BCUT2D eigenvalue weighted by atomic mass is 9.67. The predicted octanol–water partition coefficient (Wildman–Crippen LogP) is 23.4. The maximum atomic E-state index is 4.81. The largest absolute Gasteiger partial charge is 0.180 e. The molecule has 0 fully saturated rings. The summed E-state index contributed by atoms with van der Waals surface area (Å²) in [5, 5.41) is 11.5. The highest BCUT2D eigenvalue weighted by atomic mass is 35.6. The van der Waals surface area contributed by atoms with Gasteiger partial charge in [-0.2, -0.15) is 0 Å². The predicted molar refractivity (Wildman–Crippen MR) is 332 cm³/mol. The van der Waals surface area contributed by atoms with E-state index < -0.39 is 12.9 Å². The van der Waals surface area contributed by atoms with Crippen molar-refractivity contribution in [2.75, 3.05) is 0 Å². The molecule has 0 amide bonds. The van der Waals surface area contributed by atoms with Crippen LogP contribution in [0.2, 0.25) is 0 Å². The molecule has 0 N–H and O–H groups in total. The van der Waals surface area contributed by atoms with E-state index in [1.165, 1.54) is 128 Å². The molecule has 0 radical (unpaired) electrons. The lowest BCUT2D eigenvalue weighted by Crippen LogP contribution is -2.18. The molecule has 0 aromatic heterocycles. The van der Waals surface area contributed by atoms with Crippen molar-refractivity contribution in [2.24, 2.45) is 0 Å². The molecule has 0 unspecified atom stereocenters. The molecule has 384 valence electrons. The molecule has 0 aliphatic heterocycles. The second-order valence-electron chi connectivity index (χ2n) is 21.8. The van der Waals surface area contributed by atoms with E-state index >= 15 is 0 Å². The molecule has 0 saturated carbocycles. The molecule has 8 aromatic rings. The summed E-state index contributed by atoms with van der Waals surface area (Å²) < 4.78 is -2.25. The van der Waals surface area contributed by atoms with Crippen molar-refractivity contribution in [3.05, 3.63) is 202 Å². The van der Waals surface area contributed by atoms with E-state index in [2.05, 4.69) is 158 Å². The quantitative estimate of drug-likeness (QED) is 0.0940. The van der Waals surface area contributed by atoms with Gasteiger partial charge in [0.2, 0.25) is 0 Å². The fourth-order valence-corrected chi connectivity index (χ4v) is 15.1. The molecular formula is C67H53Cl9. The number of fused-ring (bicyclic) bond motifs is 8. The van der Waals surface area contributed by atoms with Crippen molar-refractivity contribution in [3.63, 3.8) is 0 Å². The van der Waals surface area contributed by atoms with Gasteiger partial charge in [-0.3, -0.25) is 0 Å². The Morgan fingerprint density at radius 3 is 0.553 bits per heavy atom. The molecule has 0 saturated heterocycles. The van der Waals surface area contributed by atoms with E-state index in [1.807, 2.05) is 0 Å². The Balaban J connectivity index is 0.000000422. The minimum Gasteiger partial charge on any atom is -0.0874 e. The van der Waals surface area contributed by atoms with E-state index in [-0.39, 0.29) is 0 Å². The zero-order valence-corrected chi connectivity index (χ0v) is 48.2. The summed E-state index contributed by atoms with van der Waals surface area (Å²) in [4.78, 5) is 0. The molecular weight excluding hydrogens is 1120 g/mol. The Labute approximate surface area is 490 Å². The van der Waals surface area contributed by atoms with Gasteiger partial charge in [0.05, 0.1) is 0 Å². The number of alkyl halides is 9. The third-order valence-electron chi connectivity index (χ3n) is 18.1. The average Bonchev–Trinajstić information content (AvgIpc) is 3.54. The van der Waals surface area contributed by atoms with Crippen LogP contribution >= 0.6 is 104 Å². The SMILES string of the molecule is C1=C[C@H]2CC[C@@H]1c1cc3c(-c4c5cc6c(cc5c(-c5ccccc5)c5cc7c(cc45)[C@H]4C=C[C@@H]7CC4)[C@H]4C=C[C@@H]6CC4)c4cc5c(cc4c(-c4ccccc4)c3cc12)[C@H]1C=C[C@@H]5CC1.ClC(Cl)Cl.ClC(Cl)Cl.ClC(Cl)Cl. The van der Waals surface area contributed by atoms with Crippen LogP contribution in [0.5, 0.6) is 0 Å². The smallest absolute Gasteiger partial charge is 0.0874 e. The van der Waals surface area contributed by atoms with Gasteiger partial charge in [0.15, 0.2) is 12.9 Å². The van der Waals surface area contributed by atoms with Crippen LogP contribution in [-0.2, 0) is 0 Å². The summed E-state index contributed by atoms with van der Waals surface area (Å²) in [6.45, 7) is 0. The van der Waals surface area contributed by atoms with Crippen LogP contribution in [0.4, 0.5) is 0 Å². The molecule has 8 atom stereocenters. The van der Waals surface area contributed by atoms with Gasteiger partial charge < -0.3 is 0 Å². The highest BCUT2D eigenvalue weighted by Crippen LogP contribution is 2.59. The highest BCUT2D eigenvalue weighted by Gasteiger charge is 2.37. The number of allylic oxidation sites excluding steroid dienone is 8. The zero-order valence-electron chi connectivity index (χ0n) is 41.4. The van der Waals surface area contributed by atoms with Gasteiger partial charge in [-0.05, 0) is 221 Å². The van der Waals surface area contributed by atoms with Crippen LogP contribution in [0, 0.1) is 0 Å². The molecule has 9 heteroatoms. The van der Waals surface area contributed by atoms with Gasteiger partial charge >= 0.3 is 0 Å². The van der Waals surface area contributed by atoms with Gasteiger partial charge in [-0.25, -0.2) is 0 Å². The first kappa shape index (κ1) is 51.8. The molecule has 8 aromatic carbocycles. The second kappa shape index (κ2) is 21.1. The number of rotatable bonds is 3. The normalized spacial score (nSPS) is 24.1. The molecule has 0 nitrogen and oxygen atoms in total. The summed E-state index contributed by atoms with van der Waals surface area (Å²) in [6.07, 6.45) is 30.3. The van der Waals surface area contributed by atoms with E-state index in [4.69, 9.17) is 104 Å². The van der Waals surface area contributed by atoms with Crippen LogP contribution in [0.25, 0.3) is 76.5 Å². The molecule has 0 heterocycles. The standard InChI is InChI=1S/C64H50.3CHCl3/c1-3-7-43(8-4-1)61-53-27-45-35-11-19-39(20-12-35)49(45)31-57(53)63(58-32-50-40-21-13-36(14-22-40)46(50)28-54(58)61)64-59-33-51-41-23-15-37(16-24-41)47(51)29-55(59)62(44-9-5-2-6-10-44)56-30-48-38-17-25-42(26-18-38)52(48)34-60(56)64;3*2-1(3)4/h1-11,13,15,17,19,21,23,25,27-42H,12,14,16,18,20,22,24,26H2;3*1H/t35-,36-,37-,38+,39+,40+,41+,42-;;;/m0.../s1. The third kappa shape index (κ3) is 9.15. The van der Waals surface area contributed by atoms with Gasteiger partial charge in [0.25, 0.3) is 0 Å². The number of benzene rings is 8. The van der Waals surface area contributed by atoms with Crippen LogP contribution in [0.1, 0.15) is 143 Å². The van der Waals surface area contributed by atoms with Gasteiger partial charge in [0, 0.05) is 47.3 Å². The number of halogens is 9. The van der Waals surface area contributed by atoms with Crippen LogP contribution in [0.15, 0.2) is 158 Å². The summed E-state index contributed by atoms with van der Waals surface area (Å²) >= 11 is 43.3. The van der Waals surface area contributed by atoms with E-state index in [1.54, 1.807) is 44.5 Å². The van der Waals surface area contributed by atoms with Crippen LogP contribution in [-0.4, -0.2) is 12.9 Å². The molecule has 12 aliphatic carbocycles. The van der Waals surface area contributed by atoms with Crippen molar-refractivity contribution >= 4 is 147 Å². The Kier molecular flexibility index (Phi) is 14.4. The van der Waals surface area contributed by atoms with Crippen molar-refractivity contribution in [1.82, 2.24) is 0 Å². The Morgan fingerprint density at radius 1 is 0.237 bits per heavy atom. The van der Waals surface area contributed by atoms with E-state index in [0.717, 1.165) is 0 Å². The van der Waals surface area contributed by atoms with Crippen LogP contribution in [0.3, 0.4) is 0 Å². The fraction of sp³-hybridized carbons (Fsp3) is 0.284. The Bertz CT molecular complexity index is 3290. The summed E-state index contributed by atoms with van der Waals surface area (Å²) in [5.41, 5.74) is 21.0. The van der Waals surface area contributed by atoms with Crippen molar-refractivity contribution in [1.29, 1.82) is 0 Å². The Hall–Kier alpha value is -3.63. The van der Waals surface area contributed by atoms with Crippen molar-refractivity contribution < 1.29 is 0 Å². The maximum absolute atomic E-state index is 4.81. The average molecular weight is 1180 g/mol.